The second kappa shape index (κ2) is 5.90. The fourth-order valence-electron chi connectivity index (χ4n) is 2.19. The average molecular weight is 283 g/mol. The highest BCUT2D eigenvalue weighted by Gasteiger charge is 2.36. The van der Waals surface area contributed by atoms with E-state index in [-0.39, 0.29) is 24.6 Å². The van der Waals surface area contributed by atoms with Gasteiger partial charge in [0, 0.05) is 16.2 Å². The first-order valence-corrected chi connectivity index (χ1v) is 6.84. The molecule has 2 rings (SSSR count). The minimum Gasteiger partial charge on any atom is -0.394 e. The highest BCUT2D eigenvalue weighted by atomic mass is 35.5. The van der Waals surface area contributed by atoms with Crippen molar-refractivity contribution >= 4 is 23.2 Å². The molecule has 0 aliphatic heterocycles. The summed E-state index contributed by atoms with van der Waals surface area (Å²) in [6.07, 6.45) is 2.95. The number of aliphatic hydroxyl groups is 1. The number of hydrogen-bond donors (Lipinski definition) is 3. The van der Waals surface area contributed by atoms with E-state index in [1.54, 1.807) is 12.1 Å². The molecule has 1 amide bonds. The van der Waals surface area contributed by atoms with Crippen LogP contribution in [-0.2, 0) is 4.79 Å². The second-order valence-electron chi connectivity index (χ2n) is 5.15. The van der Waals surface area contributed by atoms with Gasteiger partial charge in [0.2, 0.25) is 5.91 Å². The van der Waals surface area contributed by atoms with E-state index >= 15 is 0 Å². The number of carbonyl (C=O) groups excluding carboxylic acids is 1. The lowest BCUT2D eigenvalue weighted by Gasteiger charge is -2.41. The van der Waals surface area contributed by atoms with Gasteiger partial charge in [0.25, 0.3) is 0 Å². The third-order valence-corrected chi connectivity index (χ3v) is 3.95. The van der Waals surface area contributed by atoms with Gasteiger partial charge in [-0.25, -0.2) is 0 Å². The van der Waals surface area contributed by atoms with Crippen molar-refractivity contribution in [3.8, 4) is 0 Å². The molecule has 0 spiro atoms. The van der Waals surface area contributed by atoms with Gasteiger partial charge < -0.3 is 15.7 Å². The Morgan fingerprint density at radius 2 is 2.21 bits per heavy atom. The summed E-state index contributed by atoms with van der Waals surface area (Å²) in [6, 6.07) is 5.40. The van der Waals surface area contributed by atoms with E-state index in [1.807, 2.05) is 13.0 Å². The van der Waals surface area contributed by atoms with Crippen molar-refractivity contribution in [3.05, 3.63) is 28.8 Å². The number of aryl methyl sites for hydroxylation is 1. The molecule has 0 unspecified atom stereocenters. The molecule has 0 atom stereocenters. The zero-order chi connectivity index (χ0) is 13.9. The molecule has 3 N–H and O–H groups in total. The van der Waals surface area contributed by atoms with Crippen LogP contribution in [0.2, 0.25) is 5.02 Å². The Balaban J connectivity index is 1.89. The van der Waals surface area contributed by atoms with Crippen molar-refractivity contribution in [3.63, 3.8) is 0 Å². The lowest BCUT2D eigenvalue weighted by atomic mass is 9.77. The highest BCUT2D eigenvalue weighted by molar-refractivity contribution is 6.31. The van der Waals surface area contributed by atoms with E-state index in [1.165, 1.54) is 0 Å². The van der Waals surface area contributed by atoms with Crippen LogP contribution in [0.15, 0.2) is 18.2 Å². The summed E-state index contributed by atoms with van der Waals surface area (Å²) in [5, 5.41) is 15.9. The van der Waals surface area contributed by atoms with Crippen molar-refractivity contribution < 1.29 is 9.90 Å². The van der Waals surface area contributed by atoms with Crippen LogP contribution < -0.4 is 10.6 Å². The average Bonchev–Trinajstić information content (AvgIpc) is 2.33. The molecule has 0 bridgehead atoms. The van der Waals surface area contributed by atoms with E-state index in [9.17, 15) is 9.90 Å². The zero-order valence-electron chi connectivity index (χ0n) is 11.0. The van der Waals surface area contributed by atoms with Crippen molar-refractivity contribution in [2.75, 3.05) is 18.5 Å². The lowest BCUT2D eigenvalue weighted by Crippen LogP contribution is -2.55. The number of carbonyl (C=O) groups is 1. The van der Waals surface area contributed by atoms with Crippen LogP contribution in [0.5, 0.6) is 0 Å². The monoisotopic (exact) mass is 282 g/mol. The molecule has 0 saturated heterocycles. The van der Waals surface area contributed by atoms with Gasteiger partial charge in [-0.1, -0.05) is 17.7 Å². The number of anilines is 1. The van der Waals surface area contributed by atoms with Crippen molar-refractivity contribution in [2.24, 2.45) is 0 Å². The van der Waals surface area contributed by atoms with E-state index < -0.39 is 0 Å². The van der Waals surface area contributed by atoms with Crippen molar-refractivity contribution in [1.29, 1.82) is 0 Å². The normalized spacial score (nSPS) is 16.8. The molecule has 1 aliphatic rings. The standard InChI is InChI=1S/C14H19ClN2O2/c1-10-3-4-11(15)7-12(10)17-13(19)8-16-14(9-18)5-2-6-14/h3-4,7,16,18H,2,5-6,8-9H2,1H3,(H,17,19). The number of hydrogen-bond acceptors (Lipinski definition) is 3. The topological polar surface area (TPSA) is 61.4 Å². The molecule has 19 heavy (non-hydrogen) atoms. The molecule has 1 aliphatic carbocycles. The highest BCUT2D eigenvalue weighted by Crippen LogP contribution is 2.30. The molecule has 104 valence electrons. The molecule has 4 nitrogen and oxygen atoms in total. The molecule has 0 heterocycles. The Hall–Kier alpha value is -1.10. The largest absolute Gasteiger partial charge is 0.394 e. The first kappa shape index (κ1) is 14.3. The van der Waals surface area contributed by atoms with Gasteiger partial charge in [-0.15, -0.1) is 0 Å². The van der Waals surface area contributed by atoms with E-state index in [0.29, 0.717) is 5.02 Å². The first-order chi connectivity index (χ1) is 9.04. The molecule has 1 fully saturated rings. The van der Waals surface area contributed by atoms with E-state index in [0.717, 1.165) is 30.5 Å². The lowest BCUT2D eigenvalue weighted by molar-refractivity contribution is -0.116. The van der Waals surface area contributed by atoms with Gasteiger partial charge in [-0.3, -0.25) is 4.79 Å². The molecule has 5 heteroatoms. The van der Waals surface area contributed by atoms with Crippen molar-refractivity contribution in [2.45, 2.75) is 31.7 Å². The number of benzene rings is 1. The maximum absolute atomic E-state index is 11.9. The van der Waals surface area contributed by atoms with Crippen LogP contribution >= 0.6 is 11.6 Å². The number of rotatable bonds is 5. The Morgan fingerprint density at radius 1 is 1.47 bits per heavy atom. The number of halogens is 1. The predicted molar refractivity (Wildman–Crippen MR) is 76.5 cm³/mol. The molecular weight excluding hydrogens is 264 g/mol. The summed E-state index contributed by atoms with van der Waals surface area (Å²) < 4.78 is 0. The third-order valence-electron chi connectivity index (χ3n) is 3.71. The minimum absolute atomic E-state index is 0.0798. The van der Waals surface area contributed by atoms with Crippen LogP contribution in [0.25, 0.3) is 0 Å². The second-order valence-corrected chi connectivity index (χ2v) is 5.59. The SMILES string of the molecule is Cc1ccc(Cl)cc1NC(=O)CNC1(CO)CCC1. The maximum Gasteiger partial charge on any atom is 0.238 e. The van der Waals surface area contributed by atoms with E-state index in [4.69, 9.17) is 11.6 Å². The molecule has 1 saturated carbocycles. The molecular formula is C14H19ClN2O2. The number of amides is 1. The van der Waals surface area contributed by atoms with Gasteiger partial charge >= 0.3 is 0 Å². The number of aliphatic hydroxyl groups excluding tert-OH is 1. The fourth-order valence-corrected chi connectivity index (χ4v) is 2.36. The summed E-state index contributed by atoms with van der Waals surface area (Å²) >= 11 is 5.90. The van der Waals surface area contributed by atoms with Gasteiger partial charge in [0.15, 0.2) is 0 Å². The smallest absolute Gasteiger partial charge is 0.238 e. The van der Waals surface area contributed by atoms with Gasteiger partial charge in [0.05, 0.1) is 13.2 Å². The van der Waals surface area contributed by atoms with Crippen LogP contribution in [0.1, 0.15) is 24.8 Å². The molecule has 1 aromatic rings. The molecule has 0 radical (unpaired) electrons. The van der Waals surface area contributed by atoms with E-state index in [2.05, 4.69) is 10.6 Å². The van der Waals surface area contributed by atoms with Crippen LogP contribution in [0.3, 0.4) is 0 Å². The Labute approximate surface area is 118 Å². The fraction of sp³-hybridized carbons (Fsp3) is 0.500. The van der Waals surface area contributed by atoms with Gasteiger partial charge in [0.1, 0.15) is 0 Å². The minimum atomic E-state index is -0.249. The summed E-state index contributed by atoms with van der Waals surface area (Å²) in [7, 11) is 0. The first-order valence-electron chi connectivity index (χ1n) is 6.47. The third kappa shape index (κ3) is 3.47. The Morgan fingerprint density at radius 3 is 2.79 bits per heavy atom. The summed E-state index contributed by atoms with van der Waals surface area (Å²) in [5.41, 5.74) is 1.45. The summed E-state index contributed by atoms with van der Waals surface area (Å²) in [5.74, 6) is -0.120. The Bertz CT molecular complexity index is 467. The van der Waals surface area contributed by atoms with Crippen LogP contribution in [0, 0.1) is 6.92 Å². The summed E-state index contributed by atoms with van der Waals surface area (Å²) in [6.45, 7) is 2.20. The van der Waals surface area contributed by atoms with Gasteiger partial charge in [-0.05, 0) is 43.9 Å². The van der Waals surface area contributed by atoms with Gasteiger partial charge in [-0.2, -0.15) is 0 Å². The molecule has 1 aromatic carbocycles. The maximum atomic E-state index is 11.9. The molecule has 0 aromatic heterocycles. The Kier molecular flexibility index (Phi) is 4.45. The predicted octanol–water partition coefficient (Wildman–Crippen LogP) is 2.09. The zero-order valence-corrected chi connectivity index (χ0v) is 11.8. The van der Waals surface area contributed by atoms with Crippen LogP contribution in [0.4, 0.5) is 5.69 Å². The summed E-state index contributed by atoms with van der Waals surface area (Å²) in [4.78, 5) is 11.9. The quantitative estimate of drug-likeness (QED) is 0.775. The number of nitrogens with one attached hydrogen (secondary N) is 2. The van der Waals surface area contributed by atoms with Crippen molar-refractivity contribution in [1.82, 2.24) is 5.32 Å². The van der Waals surface area contributed by atoms with Crippen LogP contribution in [-0.4, -0.2) is 29.7 Å².